The van der Waals surface area contributed by atoms with E-state index in [-0.39, 0.29) is 11.7 Å². The Labute approximate surface area is 185 Å². The van der Waals surface area contributed by atoms with Gasteiger partial charge in [0.05, 0.1) is 17.6 Å². The molecule has 2 aromatic carbocycles. The predicted molar refractivity (Wildman–Crippen MR) is 123 cm³/mol. The van der Waals surface area contributed by atoms with Crippen molar-refractivity contribution in [3.8, 4) is 0 Å². The molecule has 0 aliphatic heterocycles. The molecule has 0 aliphatic carbocycles. The van der Waals surface area contributed by atoms with Gasteiger partial charge < -0.3 is 9.47 Å². The lowest BCUT2D eigenvalue weighted by Crippen LogP contribution is -2.34. The van der Waals surface area contributed by atoms with Crippen molar-refractivity contribution in [3.63, 3.8) is 0 Å². The minimum absolute atomic E-state index is 0.00194. The van der Waals surface area contributed by atoms with Crippen LogP contribution in [0, 0.1) is 22.2 Å². The molecule has 0 unspecified atom stereocenters. The molecule has 4 nitrogen and oxygen atoms in total. The Hall–Kier alpha value is -1.96. The molecule has 0 aliphatic rings. The lowest BCUT2D eigenvalue weighted by molar-refractivity contribution is 0.0716. The van der Waals surface area contributed by atoms with Crippen LogP contribution in [0.2, 0.25) is 0 Å². The van der Waals surface area contributed by atoms with Crippen LogP contribution in [0.1, 0.15) is 48.9 Å². The summed E-state index contributed by atoms with van der Waals surface area (Å²) in [6.45, 7) is 10.1. The molecule has 0 fully saturated rings. The second-order valence-corrected chi connectivity index (χ2v) is 9.02. The average Bonchev–Trinajstić information content (AvgIpc) is 2.99. The number of halogens is 2. The van der Waals surface area contributed by atoms with Crippen LogP contribution in [0.3, 0.4) is 0 Å². The van der Waals surface area contributed by atoms with Gasteiger partial charge in [-0.05, 0) is 77.7 Å². The van der Waals surface area contributed by atoms with E-state index >= 15 is 0 Å². The normalized spacial score (nSPS) is 11.4. The van der Waals surface area contributed by atoms with E-state index in [4.69, 9.17) is 4.98 Å². The van der Waals surface area contributed by atoms with Crippen molar-refractivity contribution in [1.29, 1.82) is 0 Å². The zero-order chi connectivity index (χ0) is 21.1. The Morgan fingerprint density at radius 1 is 1.24 bits per heavy atom. The molecule has 29 heavy (non-hydrogen) atoms. The van der Waals surface area contributed by atoms with Crippen LogP contribution < -0.4 is 0 Å². The number of hydrogen-bond acceptors (Lipinski definition) is 2. The highest BCUT2D eigenvalue weighted by molar-refractivity contribution is 14.1. The summed E-state index contributed by atoms with van der Waals surface area (Å²) in [4.78, 5) is 19.9. The maximum Gasteiger partial charge on any atom is 0.254 e. The van der Waals surface area contributed by atoms with Gasteiger partial charge in [-0.1, -0.05) is 26.8 Å². The Bertz CT molecular complexity index is 1030. The van der Waals surface area contributed by atoms with Crippen molar-refractivity contribution >= 4 is 39.5 Å². The number of hydrogen-bond donors (Lipinski definition) is 0. The van der Waals surface area contributed by atoms with Gasteiger partial charge in [0.15, 0.2) is 0 Å². The van der Waals surface area contributed by atoms with Crippen LogP contribution in [-0.2, 0) is 13.1 Å². The second-order valence-electron chi connectivity index (χ2n) is 7.86. The zero-order valence-corrected chi connectivity index (χ0v) is 19.5. The van der Waals surface area contributed by atoms with Gasteiger partial charge in [-0.25, -0.2) is 9.37 Å². The fourth-order valence-corrected chi connectivity index (χ4v) is 3.99. The minimum atomic E-state index is -0.273. The van der Waals surface area contributed by atoms with E-state index in [0.29, 0.717) is 24.6 Å². The molecule has 0 saturated heterocycles. The molecule has 1 heterocycles. The molecule has 0 saturated carbocycles. The SMILES string of the molecule is CCCn1c(CN(CC(C)C)C(=O)c2ccc(C)c(I)c2)nc2ccc(F)cc21. The average molecular weight is 507 g/mol. The number of carbonyl (C=O) groups excluding carboxylic acids is 1. The van der Waals surface area contributed by atoms with E-state index in [9.17, 15) is 9.18 Å². The van der Waals surface area contributed by atoms with Gasteiger partial charge in [0.25, 0.3) is 5.91 Å². The van der Waals surface area contributed by atoms with Crippen molar-refractivity contribution in [2.75, 3.05) is 6.54 Å². The van der Waals surface area contributed by atoms with Crippen LogP contribution >= 0.6 is 22.6 Å². The first-order valence-electron chi connectivity index (χ1n) is 10.00. The number of aryl methyl sites for hydroxylation is 2. The zero-order valence-electron chi connectivity index (χ0n) is 17.4. The summed E-state index contributed by atoms with van der Waals surface area (Å²) in [6, 6.07) is 10.5. The van der Waals surface area contributed by atoms with E-state index < -0.39 is 0 Å². The van der Waals surface area contributed by atoms with Crippen molar-refractivity contribution in [3.05, 3.63) is 62.7 Å². The Morgan fingerprint density at radius 2 is 2.00 bits per heavy atom. The topological polar surface area (TPSA) is 38.1 Å². The first kappa shape index (κ1) is 21.7. The molecule has 3 rings (SSSR count). The Kier molecular flexibility index (Phi) is 6.93. The van der Waals surface area contributed by atoms with Gasteiger partial charge in [0, 0.05) is 22.2 Å². The van der Waals surface area contributed by atoms with Gasteiger partial charge in [0.2, 0.25) is 0 Å². The number of amides is 1. The first-order valence-corrected chi connectivity index (χ1v) is 11.1. The minimum Gasteiger partial charge on any atom is -0.331 e. The van der Waals surface area contributed by atoms with E-state index in [0.717, 1.165) is 39.0 Å². The molecule has 0 N–H and O–H groups in total. The molecule has 154 valence electrons. The van der Waals surface area contributed by atoms with Crippen LogP contribution in [0.15, 0.2) is 36.4 Å². The standard InChI is InChI=1S/C23H27FIN3O/c1-5-10-28-21-12-18(24)8-9-20(21)26-22(28)14-27(13-15(2)3)23(29)17-7-6-16(4)19(25)11-17/h6-9,11-12,15H,5,10,13-14H2,1-4H3. The number of carbonyl (C=O) groups is 1. The largest absolute Gasteiger partial charge is 0.331 e. The molecular weight excluding hydrogens is 480 g/mol. The van der Waals surface area contributed by atoms with Crippen LogP contribution in [0.5, 0.6) is 0 Å². The van der Waals surface area contributed by atoms with E-state index in [1.807, 2.05) is 34.6 Å². The van der Waals surface area contributed by atoms with Gasteiger partial charge >= 0.3 is 0 Å². The highest BCUT2D eigenvalue weighted by Crippen LogP contribution is 2.22. The quantitative estimate of drug-likeness (QED) is 0.380. The molecule has 3 aromatic rings. The number of fused-ring (bicyclic) bond motifs is 1. The summed E-state index contributed by atoms with van der Waals surface area (Å²) < 4.78 is 16.9. The maximum absolute atomic E-state index is 13.8. The first-order chi connectivity index (χ1) is 13.8. The molecule has 0 atom stereocenters. The van der Waals surface area contributed by atoms with Gasteiger partial charge in [0.1, 0.15) is 11.6 Å². The summed E-state index contributed by atoms with van der Waals surface area (Å²) in [5, 5.41) is 0. The molecule has 1 amide bonds. The molecule has 0 bridgehead atoms. The van der Waals surface area contributed by atoms with Gasteiger partial charge in [-0.2, -0.15) is 0 Å². The summed E-state index contributed by atoms with van der Waals surface area (Å²) in [6.07, 6.45) is 0.906. The van der Waals surface area contributed by atoms with Gasteiger partial charge in [-0.15, -0.1) is 0 Å². The Balaban J connectivity index is 1.99. The monoisotopic (exact) mass is 507 g/mol. The fraction of sp³-hybridized carbons (Fsp3) is 0.391. The molecular formula is C23H27FIN3O. The number of aromatic nitrogens is 2. The van der Waals surface area contributed by atoms with Crippen LogP contribution in [-0.4, -0.2) is 26.9 Å². The molecule has 0 radical (unpaired) electrons. The lowest BCUT2D eigenvalue weighted by Gasteiger charge is -2.25. The third kappa shape index (κ3) is 4.97. The summed E-state index contributed by atoms with van der Waals surface area (Å²) in [5.41, 5.74) is 3.38. The molecule has 0 spiro atoms. The van der Waals surface area contributed by atoms with E-state index in [1.54, 1.807) is 6.07 Å². The molecule has 6 heteroatoms. The number of benzene rings is 2. The van der Waals surface area contributed by atoms with Crippen molar-refractivity contribution in [2.24, 2.45) is 5.92 Å². The van der Waals surface area contributed by atoms with Crippen molar-refractivity contribution in [1.82, 2.24) is 14.5 Å². The lowest BCUT2D eigenvalue weighted by atomic mass is 10.1. The smallest absolute Gasteiger partial charge is 0.254 e. The maximum atomic E-state index is 13.8. The summed E-state index contributed by atoms with van der Waals surface area (Å²) >= 11 is 2.26. The van der Waals surface area contributed by atoms with Crippen molar-refractivity contribution < 1.29 is 9.18 Å². The third-order valence-electron chi connectivity index (χ3n) is 4.86. The van der Waals surface area contributed by atoms with Crippen molar-refractivity contribution in [2.45, 2.75) is 47.2 Å². The van der Waals surface area contributed by atoms with E-state index in [2.05, 4.69) is 43.4 Å². The number of imidazole rings is 1. The Morgan fingerprint density at radius 3 is 2.66 bits per heavy atom. The highest BCUT2D eigenvalue weighted by Gasteiger charge is 2.21. The molecule has 1 aromatic heterocycles. The summed E-state index contributed by atoms with van der Waals surface area (Å²) in [5.74, 6) is 0.844. The third-order valence-corrected chi connectivity index (χ3v) is 6.02. The van der Waals surface area contributed by atoms with Gasteiger partial charge in [-0.3, -0.25) is 4.79 Å². The number of rotatable bonds is 7. The fourth-order valence-electron chi connectivity index (χ4n) is 3.48. The number of nitrogens with zero attached hydrogens (tertiary/aromatic N) is 3. The second kappa shape index (κ2) is 9.24. The van der Waals surface area contributed by atoms with Crippen LogP contribution in [0.4, 0.5) is 4.39 Å². The highest BCUT2D eigenvalue weighted by atomic mass is 127. The van der Waals surface area contributed by atoms with E-state index in [1.165, 1.54) is 12.1 Å². The van der Waals surface area contributed by atoms with Crippen LogP contribution in [0.25, 0.3) is 11.0 Å². The summed E-state index contributed by atoms with van der Waals surface area (Å²) in [7, 11) is 0. The predicted octanol–water partition coefficient (Wildman–Crippen LogP) is 5.80.